The molecule has 0 radical (unpaired) electrons. The zero-order valence-electron chi connectivity index (χ0n) is 19.5. The lowest BCUT2D eigenvalue weighted by Crippen LogP contribution is -2.34. The Hall–Kier alpha value is -2.37. The molecular weight excluding hydrogens is 398 g/mol. The van der Waals surface area contributed by atoms with Gasteiger partial charge in [-0.1, -0.05) is 31.9 Å². The molecule has 0 spiro atoms. The molecule has 0 amide bonds. The van der Waals surface area contributed by atoms with Crippen LogP contribution < -0.4 is 10.6 Å². The van der Waals surface area contributed by atoms with Gasteiger partial charge < -0.3 is 19.8 Å². The molecule has 1 aliphatic rings. The van der Waals surface area contributed by atoms with E-state index in [4.69, 9.17) is 9.15 Å². The summed E-state index contributed by atoms with van der Waals surface area (Å²) >= 11 is 0. The molecule has 176 valence electrons. The molecule has 0 bridgehead atoms. The molecule has 1 fully saturated rings. The number of aryl methyl sites for hydroxylation is 1. The highest BCUT2D eigenvalue weighted by molar-refractivity contribution is 5.87. The third-order valence-electron chi connectivity index (χ3n) is 6.52. The van der Waals surface area contributed by atoms with E-state index < -0.39 is 0 Å². The van der Waals surface area contributed by atoms with Crippen molar-refractivity contribution in [1.29, 1.82) is 0 Å². The molecule has 0 atom stereocenters. The molecule has 3 aromatic rings. The largest absolute Gasteiger partial charge is 0.461 e. The van der Waals surface area contributed by atoms with Crippen LogP contribution in [0.4, 0.5) is 5.82 Å². The first-order chi connectivity index (χ1) is 15.7. The van der Waals surface area contributed by atoms with Gasteiger partial charge >= 0.3 is 0 Å². The molecule has 5 nitrogen and oxygen atoms in total. The Bertz CT molecular complexity index is 987. The summed E-state index contributed by atoms with van der Waals surface area (Å²) in [6.07, 6.45) is 10.9. The fourth-order valence-electron chi connectivity index (χ4n) is 4.55. The van der Waals surface area contributed by atoms with Crippen molar-refractivity contribution in [1.82, 2.24) is 10.3 Å². The van der Waals surface area contributed by atoms with E-state index in [9.17, 15) is 0 Å². The minimum Gasteiger partial charge on any atom is -0.461 e. The summed E-state index contributed by atoms with van der Waals surface area (Å²) in [7, 11) is 0. The van der Waals surface area contributed by atoms with Crippen molar-refractivity contribution in [2.24, 2.45) is 5.92 Å². The Morgan fingerprint density at radius 1 is 1.06 bits per heavy atom. The average molecular weight is 440 g/mol. The first-order valence-electron chi connectivity index (χ1n) is 12.2. The third-order valence-corrected chi connectivity index (χ3v) is 6.52. The van der Waals surface area contributed by atoms with Crippen molar-refractivity contribution >= 4 is 16.6 Å². The Labute approximate surface area is 194 Å². The van der Waals surface area contributed by atoms with Crippen molar-refractivity contribution in [3.63, 3.8) is 0 Å². The zero-order valence-corrected chi connectivity index (χ0v) is 19.5. The average Bonchev–Trinajstić information content (AvgIpc) is 3.26. The van der Waals surface area contributed by atoms with Crippen LogP contribution in [0.5, 0.6) is 0 Å². The van der Waals surface area contributed by atoms with E-state index in [0.29, 0.717) is 18.7 Å². The number of ether oxygens (including phenoxy) is 1. The number of unbranched alkanes of at least 4 members (excludes halogenated alkanes) is 2. The van der Waals surface area contributed by atoms with Crippen LogP contribution in [-0.2, 0) is 4.74 Å². The molecule has 2 N–H and O–H groups in total. The van der Waals surface area contributed by atoms with Gasteiger partial charge in [-0.2, -0.15) is 0 Å². The highest BCUT2D eigenvalue weighted by Crippen LogP contribution is 2.27. The van der Waals surface area contributed by atoms with Gasteiger partial charge in [0.05, 0.1) is 6.61 Å². The van der Waals surface area contributed by atoms with Gasteiger partial charge in [0.15, 0.2) is 0 Å². The highest BCUT2D eigenvalue weighted by Gasteiger charge is 2.20. The molecule has 1 aliphatic carbocycles. The fourth-order valence-corrected chi connectivity index (χ4v) is 4.55. The quantitative estimate of drug-likeness (QED) is 0.248. The van der Waals surface area contributed by atoms with Crippen molar-refractivity contribution in [2.75, 3.05) is 25.2 Å². The van der Waals surface area contributed by atoms with Crippen LogP contribution in [0, 0.1) is 12.8 Å². The maximum absolute atomic E-state index is 5.95. The first-order valence-corrected chi connectivity index (χ1v) is 12.2. The number of furan rings is 1. The van der Waals surface area contributed by atoms with E-state index in [-0.39, 0.29) is 2.85 Å². The summed E-state index contributed by atoms with van der Waals surface area (Å²) in [6.45, 7) is 6.71. The lowest BCUT2D eigenvalue weighted by atomic mass is 9.86. The normalized spacial score (nSPS) is 18.8. The number of fused-ring (bicyclic) bond motifs is 1. The van der Waals surface area contributed by atoms with Gasteiger partial charge in [-0.05, 0) is 81.1 Å². The second kappa shape index (κ2) is 11.5. The summed E-state index contributed by atoms with van der Waals surface area (Å²) in [5.41, 5.74) is 1.08. The maximum Gasteiger partial charge on any atom is 0.134 e. The number of anilines is 1. The molecule has 4 rings (SSSR count). The second-order valence-corrected chi connectivity index (χ2v) is 9.11. The smallest absolute Gasteiger partial charge is 0.134 e. The Morgan fingerprint density at radius 2 is 1.94 bits per heavy atom. The number of rotatable bonds is 11. The summed E-state index contributed by atoms with van der Waals surface area (Å²) in [4.78, 5) is 4.53. The Kier molecular flexibility index (Phi) is 8.18. The number of aromatic nitrogens is 1. The lowest BCUT2D eigenvalue weighted by Gasteiger charge is -2.29. The van der Waals surface area contributed by atoms with Gasteiger partial charge in [0, 0.05) is 26.0 Å². The molecule has 0 saturated heterocycles. The van der Waals surface area contributed by atoms with E-state index in [0.717, 1.165) is 40.3 Å². The first kappa shape index (κ1) is 22.8. The Morgan fingerprint density at radius 3 is 2.72 bits per heavy atom. The molecular formula is C27H41N3O2. The minimum atomic E-state index is 0. The summed E-state index contributed by atoms with van der Waals surface area (Å²) in [5.74, 6) is 3.33. The van der Waals surface area contributed by atoms with Crippen LogP contribution in [-0.4, -0.2) is 30.9 Å². The number of nitrogens with zero attached hydrogens (tertiary/aromatic N) is 1. The van der Waals surface area contributed by atoms with Gasteiger partial charge in [0.25, 0.3) is 0 Å². The van der Waals surface area contributed by atoms with Gasteiger partial charge in [0.1, 0.15) is 24.1 Å². The summed E-state index contributed by atoms with van der Waals surface area (Å²) in [6, 6.07) is 13.1. The van der Waals surface area contributed by atoms with Crippen LogP contribution >= 0.6 is 0 Å². The molecule has 1 saturated carbocycles. The maximum atomic E-state index is 5.95. The van der Waals surface area contributed by atoms with Gasteiger partial charge in [-0.15, -0.1) is 0 Å². The number of benzene rings is 1. The molecule has 5 heteroatoms. The van der Waals surface area contributed by atoms with Crippen molar-refractivity contribution in [3.05, 3.63) is 48.4 Å². The second-order valence-electron chi connectivity index (χ2n) is 9.11. The third kappa shape index (κ3) is 6.33. The molecule has 0 aliphatic heterocycles. The van der Waals surface area contributed by atoms with E-state index >= 15 is 0 Å². The van der Waals surface area contributed by atoms with E-state index in [1.807, 2.05) is 25.3 Å². The Balaban J connectivity index is 0.00000204. The van der Waals surface area contributed by atoms with Crippen LogP contribution in [0.15, 0.2) is 47.0 Å². The zero-order chi connectivity index (χ0) is 22.2. The van der Waals surface area contributed by atoms with Crippen molar-refractivity contribution in [2.45, 2.75) is 64.8 Å². The van der Waals surface area contributed by atoms with Gasteiger partial charge in [0.2, 0.25) is 0 Å². The fraction of sp³-hybridized carbons (Fsp3) is 0.519. The van der Waals surface area contributed by atoms with E-state index in [2.05, 4.69) is 46.8 Å². The van der Waals surface area contributed by atoms with Gasteiger partial charge in [-0.3, -0.25) is 0 Å². The molecule has 2 heterocycles. The SMILES string of the molecule is CCCCCNC1CCC(COCNc2cc3cc(-c4ccc(C)o4)ccc3cn2)CC1.[HH].[HH]. The van der Waals surface area contributed by atoms with Crippen LogP contribution in [0.25, 0.3) is 22.1 Å². The predicted octanol–water partition coefficient (Wildman–Crippen LogP) is 7.02. The minimum absolute atomic E-state index is 0. The van der Waals surface area contributed by atoms with Crippen LogP contribution in [0.3, 0.4) is 0 Å². The number of hydrogen-bond donors (Lipinski definition) is 2. The van der Waals surface area contributed by atoms with Gasteiger partial charge in [-0.25, -0.2) is 4.98 Å². The van der Waals surface area contributed by atoms with Crippen LogP contribution in [0.2, 0.25) is 0 Å². The van der Waals surface area contributed by atoms with Crippen LogP contribution in [0.1, 0.15) is 60.5 Å². The lowest BCUT2D eigenvalue weighted by molar-refractivity contribution is 0.0930. The van der Waals surface area contributed by atoms with E-state index in [1.165, 1.54) is 51.5 Å². The molecule has 0 unspecified atom stereocenters. The number of hydrogen-bond acceptors (Lipinski definition) is 5. The highest BCUT2D eigenvalue weighted by atomic mass is 16.5. The van der Waals surface area contributed by atoms with Crippen molar-refractivity contribution < 1.29 is 12.0 Å². The monoisotopic (exact) mass is 439 g/mol. The molecule has 2 aromatic heterocycles. The van der Waals surface area contributed by atoms with Crippen molar-refractivity contribution in [3.8, 4) is 11.3 Å². The molecule has 32 heavy (non-hydrogen) atoms. The number of nitrogens with one attached hydrogen (secondary N) is 2. The van der Waals surface area contributed by atoms with E-state index in [1.54, 1.807) is 0 Å². The number of pyridine rings is 1. The topological polar surface area (TPSA) is 59.3 Å². The predicted molar refractivity (Wildman–Crippen MR) is 136 cm³/mol. The standard InChI is InChI=1S/C27H37N3O2.2H2/c1-3-4-5-14-28-25-11-7-21(8-12-25)18-31-19-30-27-16-24-15-22(9-10-23(24)17-29-27)26-13-6-20(2)32-26;;/h6,9-10,13,15-17,21,25,28H,3-5,7-8,11-12,14,18-19H2,1-2H3,(H,29,30);2*1H. The molecule has 1 aromatic carbocycles. The summed E-state index contributed by atoms with van der Waals surface area (Å²) in [5, 5.41) is 9.30. The summed E-state index contributed by atoms with van der Waals surface area (Å²) < 4.78 is 11.7.